The molecule has 0 fully saturated rings. The number of nitrogens with zero attached hydrogens (tertiary/aromatic N) is 2. The second-order valence-electron chi connectivity index (χ2n) is 4.18. The molecule has 0 saturated heterocycles. The fourth-order valence-corrected chi connectivity index (χ4v) is 1.75. The van der Waals surface area contributed by atoms with Crippen molar-refractivity contribution in [3.8, 4) is 6.07 Å². The summed E-state index contributed by atoms with van der Waals surface area (Å²) in [6.07, 6.45) is 0.845. The van der Waals surface area contributed by atoms with Crippen molar-refractivity contribution >= 4 is 6.03 Å². The lowest BCUT2D eigenvalue weighted by Crippen LogP contribution is -2.41. The lowest BCUT2D eigenvalue weighted by Gasteiger charge is -2.21. The van der Waals surface area contributed by atoms with Crippen LogP contribution in [0.3, 0.4) is 0 Å². The van der Waals surface area contributed by atoms with Gasteiger partial charge in [-0.05, 0) is 24.1 Å². The Hall–Kier alpha value is -2.06. The number of amides is 2. The molecule has 0 aliphatic heterocycles. The molecule has 0 bridgehead atoms. The first-order chi connectivity index (χ1) is 9.21. The SMILES string of the molecule is CCCN(CCO)C(=O)NCc1cccc(C#N)c1. The van der Waals surface area contributed by atoms with Gasteiger partial charge >= 0.3 is 6.03 Å². The highest BCUT2D eigenvalue weighted by atomic mass is 16.3. The maximum Gasteiger partial charge on any atom is 0.317 e. The average Bonchev–Trinajstić information content (AvgIpc) is 2.44. The zero-order valence-electron chi connectivity index (χ0n) is 11.1. The third kappa shape index (κ3) is 4.98. The van der Waals surface area contributed by atoms with Crippen LogP contribution in [-0.2, 0) is 6.54 Å². The molecule has 0 aliphatic carbocycles. The Balaban J connectivity index is 2.54. The maximum absolute atomic E-state index is 11.9. The first-order valence-corrected chi connectivity index (χ1v) is 6.34. The largest absolute Gasteiger partial charge is 0.395 e. The number of carbonyl (C=O) groups excluding carboxylic acids is 1. The molecule has 0 aliphatic rings. The number of aliphatic hydroxyl groups is 1. The van der Waals surface area contributed by atoms with Crippen LogP contribution in [0.4, 0.5) is 4.79 Å². The summed E-state index contributed by atoms with van der Waals surface area (Å²) in [6, 6.07) is 8.98. The van der Waals surface area contributed by atoms with Gasteiger partial charge in [-0.3, -0.25) is 0 Å². The molecule has 0 saturated carbocycles. The van der Waals surface area contributed by atoms with Crippen molar-refractivity contribution < 1.29 is 9.90 Å². The Labute approximate surface area is 113 Å². The van der Waals surface area contributed by atoms with Crippen LogP contribution in [0.2, 0.25) is 0 Å². The van der Waals surface area contributed by atoms with Crippen LogP contribution in [0.5, 0.6) is 0 Å². The predicted octanol–water partition coefficient (Wildman–Crippen LogP) is 1.47. The smallest absolute Gasteiger partial charge is 0.317 e. The number of hydrogen-bond donors (Lipinski definition) is 2. The number of hydrogen-bond acceptors (Lipinski definition) is 3. The summed E-state index contributed by atoms with van der Waals surface area (Å²) in [5.74, 6) is 0. The molecule has 1 aromatic carbocycles. The summed E-state index contributed by atoms with van der Waals surface area (Å²) in [5, 5.41) is 20.5. The van der Waals surface area contributed by atoms with Crippen molar-refractivity contribution in [2.75, 3.05) is 19.7 Å². The Kier molecular flexibility index (Phi) is 6.41. The summed E-state index contributed by atoms with van der Waals surface area (Å²) in [6.45, 7) is 3.26. The van der Waals surface area contributed by atoms with E-state index < -0.39 is 0 Å². The van der Waals surface area contributed by atoms with Crippen LogP contribution in [0.15, 0.2) is 24.3 Å². The van der Waals surface area contributed by atoms with E-state index in [2.05, 4.69) is 11.4 Å². The molecule has 1 aromatic rings. The van der Waals surface area contributed by atoms with E-state index in [0.29, 0.717) is 25.2 Å². The standard InChI is InChI=1S/C14H19N3O2/c1-2-6-17(7-8-18)14(19)16-11-13-5-3-4-12(9-13)10-15/h3-5,9,18H,2,6-8,11H2,1H3,(H,16,19). The number of benzene rings is 1. The number of rotatable bonds is 6. The van der Waals surface area contributed by atoms with Crippen molar-refractivity contribution in [1.82, 2.24) is 10.2 Å². The number of nitriles is 1. The molecule has 0 atom stereocenters. The van der Waals surface area contributed by atoms with E-state index in [1.165, 1.54) is 0 Å². The molecule has 5 heteroatoms. The van der Waals surface area contributed by atoms with Crippen LogP contribution in [0.25, 0.3) is 0 Å². The van der Waals surface area contributed by atoms with Crippen molar-refractivity contribution in [3.63, 3.8) is 0 Å². The second kappa shape index (κ2) is 8.11. The second-order valence-corrected chi connectivity index (χ2v) is 4.18. The Bertz CT molecular complexity index is 448. The summed E-state index contributed by atoms with van der Waals surface area (Å²) in [5.41, 5.74) is 1.46. The van der Waals surface area contributed by atoms with Gasteiger partial charge in [-0.15, -0.1) is 0 Å². The van der Waals surface area contributed by atoms with E-state index in [9.17, 15) is 4.79 Å². The minimum absolute atomic E-state index is 0.0443. The number of nitrogens with one attached hydrogen (secondary N) is 1. The maximum atomic E-state index is 11.9. The fraction of sp³-hybridized carbons (Fsp3) is 0.429. The number of aliphatic hydroxyl groups excluding tert-OH is 1. The van der Waals surface area contributed by atoms with Crippen LogP contribution in [0, 0.1) is 11.3 Å². The lowest BCUT2D eigenvalue weighted by molar-refractivity contribution is 0.177. The molecule has 0 unspecified atom stereocenters. The summed E-state index contributed by atoms with van der Waals surface area (Å²) < 4.78 is 0. The quantitative estimate of drug-likeness (QED) is 0.814. The third-order valence-electron chi connectivity index (χ3n) is 2.65. The van der Waals surface area contributed by atoms with Crippen molar-refractivity contribution in [2.45, 2.75) is 19.9 Å². The molecular formula is C14H19N3O2. The van der Waals surface area contributed by atoms with E-state index in [4.69, 9.17) is 10.4 Å². The zero-order chi connectivity index (χ0) is 14.1. The van der Waals surface area contributed by atoms with Gasteiger partial charge in [-0.1, -0.05) is 19.1 Å². The highest BCUT2D eigenvalue weighted by Crippen LogP contribution is 2.04. The van der Waals surface area contributed by atoms with Crippen LogP contribution in [-0.4, -0.2) is 35.7 Å². The molecular weight excluding hydrogens is 242 g/mol. The molecule has 2 N–H and O–H groups in total. The normalized spacial score (nSPS) is 9.74. The highest BCUT2D eigenvalue weighted by molar-refractivity contribution is 5.74. The highest BCUT2D eigenvalue weighted by Gasteiger charge is 2.11. The van der Waals surface area contributed by atoms with Crippen LogP contribution in [0.1, 0.15) is 24.5 Å². The van der Waals surface area contributed by atoms with Crippen molar-refractivity contribution in [1.29, 1.82) is 5.26 Å². The monoisotopic (exact) mass is 261 g/mol. The minimum atomic E-state index is -0.196. The molecule has 0 heterocycles. The molecule has 5 nitrogen and oxygen atoms in total. The molecule has 1 rings (SSSR count). The zero-order valence-corrected chi connectivity index (χ0v) is 11.1. The van der Waals surface area contributed by atoms with Gasteiger partial charge in [-0.25, -0.2) is 4.79 Å². The topological polar surface area (TPSA) is 76.4 Å². The van der Waals surface area contributed by atoms with E-state index in [1.54, 1.807) is 23.1 Å². The first-order valence-electron chi connectivity index (χ1n) is 6.34. The predicted molar refractivity (Wildman–Crippen MR) is 72.3 cm³/mol. The number of carbonyl (C=O) groups is 1. The Morgan fingerprint density at radius 1 is 1.47 bits per heavy atom. The molecule has 0 radical (unpaired) electrons. The number of urea groups is 1. The Morgan fingerprint density at radius 2 is 2.26 bits per heavy atom. The van der Waals surface area contributed by atoms with E-state index in [0.717, 1.165) is 12.0 Å². The van der Waals surface area contributed by atoms with Gasteiger partial charge in [0.25, 0.3) is 0 Å². The molecule has 19 heavy (non-hydrogen) atoms. The van der Waals surface area contributed by atoms with Gasteiger partial charge in [0.2, 0.25) is 0 Å². The van der Waals surface area contributed by atoms with Crippen molar-refractivity contribution in [2.24, 2.45) is 0 Å². The molecule has 102 valence electrons. The van der Waals surface area contributed by atoms with Crippen molar-refractivity contribution in [3.05, 3.63) is 35.4 Å². The Morgan fingerprint density at radius 3 is 2.89 bits per heavy atom. The van der Waals surface area contributed by atoms with Gasteiger partial charge in [0, 0.05) is 19.6 Å². The molecule has 2 amide bonds. The van der Waals surface area contributed by atoms with Gasteiger partial charge in [-0.2, -0.15) is 5.26 Å². The van der Waals surface area contributed by atoms with Crippen LogP contribution < -0.4 is 5.32 Å². The lowest BCUT2D eigenvalue weighted by atomic mass is 10.1. The average molecular weight is 261 g/mol. The molecule has 0 aromatic heterocycles. The van der Waals surface area contributed by atoms with Gasteiger partial charge < -0.3 is 15.3 Å². The van der Waals surface area contributed by atoms with Gasteiger partial charge in [0.15, 0.2) is 0 Å². The summed E-state index contributed by atoms with van der Waals surface area (Å²) >= 11 is 0. The summed E-state index contributed by atoms with van der Waals surface area (Å²) in [7, 11) is 0. The van der Waals surface area contributed by atoms with Gasteiger partial charge in [0.1, 0.15) is 0 Å². The van der Waals surface area contributed by atoms with E-state index in [1.807, 2.05) is 13.0 Å². The van der Waals surface area contributed by atoms with E-state index in [-0.39, 0.29) is 12.6 Å². The fourth-order valence-electron chi connectivity index (χ4n) is 1.75. The van der Waals surface area contributed by atoms with Gasteiger partial charge in [0.05, 0.1) is 18.2 Å². The first kappa shape index (κ1) is 15.0. The van der Waals surface area contributed by atoms with E-state index >= 15 is 0 Å². The van der Waals surface area contributed by atoms with Crippen LogP contribution >= 0.6 is 0 Å². The third-order valence-corrected chi connectivity index (χ3v) is 2.65. The minimum Gasteiger partial charge on any atom is -0.395 e. The summed E-state index contributed by atoms with van der Waals surface area (Å²) in [4.78, 5) is 13.5. The molecule has 0 spiro atoms.